The second kappa shape index (κ2) is 6.51. The molecule has 3 heteroatoms. The molecule has 0 aliphatic carbocycles. The molecule has 1 aliphatic heterocycles. The van der Waals surface area contributed by atoms with Crippen molar-refractivity contribution in [1.82, 2.24) is 0 Å². The molecular weight excluding hydrogens is 332 g/mol. The molecule has 1 aliphatic rings. The molecule has 3 rings (SSSR count). The molecular formula is C17H15BrOS. The van der Waals surface area contributed by atoms with Gasteiger partial charge in [0.25, 0.3) is 0 Å². The van der Waals surface area contributed by atoms with Gasteiger partial charge < -0.3 is 4.74 Å². The molecule has 0 atom stereocenters. The molecule has 0 aromatic heterocycles. The number of benzene rings is 2. The first-order chi connectivity index (χ1) is 9.81. The Labute approximate surface area is 132 Å². The number of hydrogen-bond donors (Lipinski definition) is 0. The van der Waals surface area contributed by atoms with Gasteiger partial charge in [0.1, 0.15) is 12.4 Å². The number of hydrogen-bond acceptors (Lipinski definition) is 2. The molecule has 20 heavy (non-hydrogen) atoms. The molecule has 0 fully saturated rings. The lowest BCUT2D eigenvalue weighted by atomic mass is 10.1. The summed E-state index contributed by atoms with van der Waals surface area (Å²) in [7, 11) is 0. The Morgan fingerprint density at radius 3 is 2.75 bits per heavy atom. The summed E-state index contributed by atoms with van der Waals surface area (Å²) in [6, 6.07) is 16.7. The lowest BCUT2D eigenvalue weighted by Crippen LogP contribution is -1.98. The Morgan fingerprint density at radius 2 is 1.90 bits per heavy atom. The topological polar surface area (TPSA) is 9.23 Å². The van der Waals surface area contributed by atoms with Gasteiger partial charge in [-0.1, -0.05) is 45.9 Å². The average molecular weight is 347 g/mol. The minimum absolute atomic E-state index is 0.689. The summed E-state index contributed by atoms with van der Waals surface area (Å²) < 4.78 is 7.02. The van der Waals surface area contributed by atoms with E-state index in [1.807, 2.05) is 18.2 Å². The van der Waals surface area contributed by atoms with Gasteiger partial charge in [0.2, 0.25) is 0 Å². The normalized spacial score (nSPS) is 16.4. The van der Waals surface area contributed by atoms with E-state index in [1.54, 1.807) is 11.8 Å². The van der Waals surface area contributed by atoms with E-state index >= 15 is 0 Å². The van der Waals surface area contributed by atoms with Crippen LogP contribution in [0.25, 0.3) is 0 Å². The van der Waals surface area contributed by atoms with E-state index in [0.29, 0.717) is 6.61 Å². The van der Waals surface area contributed by atoms with Crippen molar-refractivity contribution in [2.75, 3.05) is 6.61 Å². The number of fused-ring (bicyclic) bond motifs is 1. The van der Waals surface area contributed by atoms with Crippen molar-refractivity contribution < 1.29 is 4.74 Å². The SMILES string of the molecule is Brc1ccc2c(c1)CC/C(=C/Sc1ccccc1)CO2. The highest BCUT2D eigenvalue weighted by atomic mass is 79.9. The third-order valence-corrected chi connectivity index (χ3v) is 4.74. The Morgan fingerprint density at radius 1 is 1.05 bits per heavy atom. The minimum atomic E-state index is 0.689. The number of aryl methyl sites for hydroxylation is 1. The monoisotopic (exact) mass is 346 g/mol. The Hall–Kier alpha value is -1.19. The summed E-state index contributed by atoms with van der Waals surface area (Å²) in [4.78, 5) is 1.27. The van der Waals surface area contributed by atoms with E-state index < -0.39 is 0 Å². The van der Waals surface area contributed by atoms with Crippen molar-refractivity contribution in [3.8, 4) is 5.75 Å². The molecule has 0 saturated heterocycles. The van der Waals surface area contributed by atoms with E-state index in [-0.39, 0.29) is 0 Å². The Bertz CT molecular complexity index is 622. The van der Waals surface area contributed by atoms with Crippen LogP contribution >= 0.6 is 27.7 Å². The van der Waals surface area contributed by atoms with E-state index in [9.17, 15) is 0 Å². The number of rotatable bonds is 2. The van der Waals surface area contributed by atoms with Gasteiger partial charge in [-0.2, -0.15) is 0 Å². The van der Waals surface area contributed by atoms with E-state index in [2.05, 4.69) is 51.7 Å². The van der Waals surface area contributed by atoms with Gasteiger partial charge in [-0.05, 0) is 59.7 Å². The summed E-state index contributed by atoms with van der Waals surface area (Å²) >= 11 is 5.28. The van der Waals surface area contributed by atoms with Gasteiger partial charge in [-0.25, -0.2) is 0 Å². The Kier molecular flexibility index (Phi) is 4.48. The summed E-state index contributed by atoms with van der Waals surface area (Å²) in [5.41, 5.74) is 2.64. The Balaban J connectivity index is 1.70. The zero-order chi connectivity index (χ0) is 13.8. The van der Waals surface area contributed by atoms with Gasteiger partial charge in [0, 0.05) is 9.37 Å². The van der Waals surface area contributed by atoms with E-state index in [0.717, 1.165) is 23.1 Å². The van der Waals surface area contributed by atoms with Crippen LogP contribution < -0.4 is 4.74 Å². The van der Waals surface area contributed by atoms with Crippen LogP contribution in [0.5, 0.6) is 5.75 Å². The predicted molar refractivity (Wildman–Crippen MR) is 88.3 cm³/mol. The maximum atomic E-state index is 5.90. The fourth-order valence-corrected chi connectivity index (χ4v) is 3.38. The largest absolute Gasteiger partial charge is 0.489 e. The van der Waals surface area contributed by atoms with Crippen LogP contribution in [0, 0.1) is 0 Å². The van der Waals surface area contributed by atoms with Crippen LogP contribution in [0.3, 0.4) is 0 Å². The lowest BCUT2D eigenvalue weighted by Gasteiger charge is -2.06. The van der Waals surface area contributed by atoms with Gasteiger partial charge in [-0.15, -0.1) is 0 Å². The van der Waals surface area contributed by atoms with Crippen LogP contribution in [-0.2, 0) is 6.42 Å². The second-order valence-electron chi connectivity index (χ2n) is 4.75. The summed E-state index contributed by atoms with van der Waals surface area (Å²) in [5.74, 6) is 1.02. The molecule has 0 N–H and O–H groups in total. The van der Waals surface area contributed by atoms with Gasteiger partial charge >= 0.3 is 0 Å². The molecule has 102 valence electrons. The first kappa shape index (κ1) is 13.8. The molecule has 0 unspecified atom stereocenters. The third kappa shape index (κ3) is 3.47. The van der Waals surface area contributed by atoms with Crippen molar-refractivity contribution >= 4 is 27.7 Å². The highest BCUT2D eigenvalue weighted by Crippen LogP contribution is 2.30. The molecule has 0 amide bonds. The number of halogens is 1. The summed E-state index contributed by atoms with van der Waals surface area (Å²) in [6.45, 7) is 0.689. The van der Waals surface area contributed by atoms with Crippen molar-refractivity contribution in [2.45, 2.75) is 17.7 Å². The van der Waals surface area contributed by atoms with Gasteiger partial charge in [0.05, 0.1) is 0 Å². The van der Waals surface area contributed by atoms with Crippen molar-refractivity contribution in [1.29, 1.82) is 0 Å². The minimum Gasteiger partial charge on any atom is -0.489 e. The standard InChI is InChI=1S/C17H15BrOS/c18-15-8-9-17-14(10-15)7-6-13(11-19-17)12-20-16-4-2-1-3-5-16/h1-5,8-10,12H,6-7,11H2/b13-12-. The van der Waals surface area contributed by atoms with Crippen LogP contribution in [0.2, 0.25) is 0 Å². The predicted octanol–water partition coefficient (Wildman–Crippen LogP) is 5.45. The first-order valence-electron chi connectivity index (χ1n) is 6.62. The van der Waals surface area contributed by atoms with Gasteiger partial charge in [0.15, 0.2) is 0 Å². The maximum absolute atomic E-state index is 5.90. The molecule has 1 heterocycles. The molecule has 0 bridgehead atoms. The fraction of sp³-hybridized carbons (Fsp3) is 0.176. The average Bonchev–Trinajstić information content (AvgIpc) is 2.68. The number of ether oxygens (including phenoxy) is 1. The lowest BCUT2D eigenvalue weighted by molar-refractivity contribution is 0.353. The van der Waals surface area contributed by atoms with Crippen LogP contribution in [0.15, 0.2) is 68.9 Å². The van der Waals surface area contributed by atoms with E-state index in [4.69, 9.17) is 4.74 Å². The molecule has 0 spiro atoms. The fourth-order valence-electron chi connectivity index (χ4n) is 2.17. The molecule has 2 aromatic rings. The van der Waals surface area contributed by atoms with Crippen LogP contribution in [-0.4, -0.2) is 6.61 Å². The maximum Gasteiger partial charge on any atom is 0.123 e. The molecule has 1 nitrogen and oxygen atoms in total. The van der Waals surface area contributed by atoms with Crippen LogP contribution in [0.1, 0.15) is 12.0 Å². The highest BCUT2D eigenvalue weighted by molar-refractivity contribution is 9.10. The van der Waals surface area contributed by atoms with Crippen molar-refractivity contribution in [3.63, 3.8) is 0 Å². The van der Waals surface area contributed by atoms with Crippen molar-refractivity contribution in [2.24, 2.45) is 0 Å². The van der Waals surface area contributed by atoms with Crippen molar-refractivity contribution in [3.05, 3.63) is 69.5 Å². The summed E-state index contributed by atoms with van der Waals surface area (Å²) in [6.07, 6.45) is 2.10. The molecule has 0 saturated carbocycles. The van der Waals surface area contributed by atoms with E-state index in [1.165, 1.54) is 16.0 Å². The zero-order valence-corrected chi connectivity index (χ0v) is 13.4. The summed E-state index contributed by atoms with van der Waals surface area (Å²) in [5, 5.41) is 2.23. The third-order valence-electron chi connectivity index (χ3n) is 3.26. The first-order valence-corrected chi connectivity index (χ1v) is 8.29. The highest BCUT2D eigenvalue weighted by Gasteiger charge is 2.12. The smallest absolute Gasteiger partial charge is 0.123 e. The van der Waals surface area contributed by atoms with Gasteiger partial charge in [-0.3, -0.25) is 0 Å². The number of thioether (sulfide) groups is 1. The van der Waals surface area contributed by atoms with Crippen LogP contribution in [0.4, 0.5) is 0 Å². The zero-order valence-electron chi connectivity index (χ0n) is 11.0. The molecule has 2 aromatic carbocycles. The molecule has 0 radical (unpaired) electrons. The second-order valence-corrected chi connectivity index (χ2v) is 6.61. The quantitative estimate of drug-likeness (QED) is 0.668.